The average molecular weight is 468 g/mol. The standard InChI is InChI=1S/C22H14F6N2O3/c23-21(24,25)14-8-13(9-15(10-14)22(26,27)28)19(31)29-16-4-3-12-5-6-30(17(12)11-16)20(32)18-2-1-7-33-18/h1-4,7-11H,5-6H2,(H,29,31). The number of anilines is 2. The van der Waals surface area contributed by atoms with Crippen molar-refractivity contribution >= 4 is 23.2 Å². The highest BCUT2D eigenvalue weighted by Gasteiger charge is 2.37. The minimum absolute atomic E-state index is 0.0513. The third kappa shape index (κ3) is 4.57. The number of amides is 2. The molecule has 0 fully saturated rings. The van der Waals surface area contributed by atoms with Crippen molar-refractivity contribution in [1.29, 1.82) is 0 Å². The second-order valence-electron chi connectivity index (χ2n) is 7.28. The van der Waals surface area contributed by atoms with E-state index in [0.29, 0.717) is 30.8 Å². The highest BCUT2D eigenvalue weighted by Crippen LogP contribution is 2.37. The van der Waals surface area contributed by atoms with E-state index in [2.05, 4.69) is 5.32 Å². The maximum atomic E-state index is 13.1. The van der Waals surface area contributed by atoms with Crippen LogP contribution >= 0.6 is 0 Å². The molecule has 0 unspecified atom stereocenters. The van der Waals surface area contributed by atoms with Crippen molar-refractivity contribution in [3.63, 3.8) is 0 Å². The minimum atomic E-state index is -5.07. The van der Waals surface area contributed by atoms with Gasteiger partial charge in [-0.2, -0.15) is 26.3 Å². The van der Waals surface area contributed by atoms with Gasteiger partial charge in [0.25, 0.3) is 11.8 Å². The van der Waals surface area contributed by atoms with Gasteiger partial charge in [-0.1, -0.05) is 6.07 Å². The third-order valence-electron chi connectivity index (χ3n) is 5.07. The van der Waals surface area contributed by atoms with Gasteiger partial charge >= 0.3 is 12.4 Å². The maximum absolute atomic E-state index is 13.1. The predicted molar refractivity (Wildman–Crippen MR) is 105 cm³/mol. The van der Waals surface area contributed by atoms with Gasteiger partial charge in [0.1, 0.15) is 0 Å². The highest BCUT2D eigenvalue weighted by molar-refractivity contribution is 6.07. The van der Waals surface area contributed by atoms with Gasteiger partial charge in [0.2, 0.25) is 0 Å². The van der Waals surface area contributed by atoms with E-state index >= 15 is 0 Å². The summed E-state index contributed by atoms with van der Waals surface area (Å²) in [6.45, 7) is 0.342. The Morgan fingerprint density at radius 3 is 2.15 bits per heavy atom. The van der Waals surface area contributed by atoms with Gasteiger partial charge in [0, 0.05) is 23.5 Å². The van der Waals surface area contributed by atoms with Crippen molar-refractivity contribution < 1.29 is 40.3 Å². The molecule has 2 aromatic carbocycles. The normalized spacial score (nSPS) is 13.7. The molecule has 1 aromatic heterocycles. The Morgan fingerprint density at radius 2 is 1.58 bits per heavy atom. The number of hydrogen-bond acceptors (Lipinski definition) is 3. The lowest BCUT2D eigenvalue weighted by molar-refractivity contribution is -0.143. The number of benzene rings is 2. The summed E-state index contributed by atoms with van der Waals surface area (Å²) in [5.74, 6) is -1.48. The van der Waals surface area contributed by atoms with Gasteiger partial charge in [-0.3, -0.25) is 9.59 Å². The molecule has 0 bridgehead atoms. The zero-order valence-corrected chi connectivity index (χ0v) is 16.6. The lowest BCUT2D eigenvalue weighted by Gasteiger charge is -2.17. The minimum Gasteiger partial charge on any atom is -0.459 e. The number of furan rings is 1. The van der Waals surface area contributed by atoms with E-state index in [1.54, 1.807) is 12.1 Å². The number of hydrogen-bond donors (Lipinski definition) is 1. The molecular weight excluding hydrogens is 454 g/mol. The van der Waals surface area contributed by atoms with Crippen LogP contribution in [0.2, 0.25) is 0 Å². The van der Waals surface area contributed by atoms with E-state index in [4.69, 9.17) is 4.42 Å². The first-order valence-corrected chi connectivity index (χ1v) is 9.52. The topological polar surface area (TPSA) is 62.6 Å². The fraction of sp³-hybridized carbons (Fsp3) is 0.182. The summed E-state index contributed by atoms with van der Waals surface area (Å²) in [5, 5.41) is 2.30. The Kier molecular flexibility index (Phi) is 5.43. The van der Waals surface area contributed by atoms with Crippen molar-refractivity contribution in [2.24, 2.45) is 0 Å². The first kappa shape index (κ1) is 22.4. The summed E-state index contributed by atoms with van der Waals surface area (Å²) >= 11 is 0. The van der Waals surface area contributed by atoms with E-state index in [-0.39, 0.29) is 17.5 Å². The second kappa shape index (κ2) is 7.98. The molecule has 0 saturated carbocycles. The van der Waals surface area contributed by atoms with Gasteiger partial charge in [-0.25, -0.2) is 0 Å². The largest absolute Gasteiger partial charge is 0.459 e. The van der Waals surface area contributed by atoms with Gasteiger partial charge < -0.3 is 14.6 Å². The second-order valence-corrected chi connectivity index (χ2v) is 7.28. The lowest BCUT2D eigenvalue weighted by Crippen LogP contribution is -2.28. The summed E-state index contributed by atoms with van der Waals surface area (Å²) in [7, 11) is 0. The molecule has 0 atom stereocenters. The van der Waals surface area contributed by atoms with Crippen LogP contribution < -0.4 is 10.2 Å². The molecule has 172 valence electrons. The average Bonchev–Trinajstić information content (AvgIpc) is 3.41. The molecule has 1 aliphatic rings. The zero-order valence-electron chi connectivity index (χ0n) is 16.6. The SMILES string of the molecule is O=C(Nc1ccc2c(c1)N(C(=O)c1ccco1)CC2)c1cc(C(F)(F)F)cc(C(F)(F)F)c1. The number of carbonyl (C=O) groups excluding carboxylic acids is 2. The Morgan fingerprint density at radius 1 is 0.909 bits per heavy atom. The van der Waals surface area contributed by atoms with Crippen molar-refractivity contribution in [2.45, 2.75) is 18.8 Å². The number of nitrogens with zero attached hydrogens (tertiary/aromatic N) is 1. The van der Waals surface area contributed by atoms with E-state index in [9.17, 15) is 35.9 Å². The zero-order chi connectivity index (χ0) is 24.0. The number of carbonyl (C=O) groups is 2. The van der Waals surface area contributed by atoms with Crippen molar-refractivity contribution in [3.8, 4) is 0 Å². The van der Waals surface area contributed by atoms with E-state index in [1.807, 2.05) is 0 Å². The fourth-order valence-corrected chi connectivity index (χ4v) is 3.49. The Labute approximate surface area is 182 Å². The van der Waals surface area contributed by atoms with E-state index in [0.717, 1.165) is 5.56 Å². The third-order valence-corrected chi connectivity index (χ3v) is 5.07. The van der Waals surface area contributed by atoms with Crippen LogP contribution in [0.15, 0.2) is 59.2 Å². The van der Waals surface area contributed by atoms with Crippen LogP contribution in [0, 0.1) is 0 Å². The quantitative estimate of drug-likeness (QED) is 0.497. The lowest BCUT2D eigenvalue weighted by atomic mass is 10.0. The Bertz CT molecular complexity index is 1180. The van der Waals surface area contributed by atoms with Crippen LogP contribution in [0.5, 0.6) is 0 Å². The molecule has 0 radical (unpaired) electrons. The van der Waals surface area contributed by atoms with E-state index < -0.39 is 40.9 Å². The molecule has 4 rings (SSSR count). The molecule has 11 heteroatoms. The number of alkyl halides is 6. The molecule has 0 spiro atoms. The number of nitrogens with one attached hydrogen (secondary N) is 1. The molecule has 2 heterocycles. The van der Waals surface area contributed by atoms with Gasteiger partial charge in [0.05, 0.1) is 17.4 Å². The number of halogens is 6. The molecule has 2 amide bonds. The van der Waals surface area contributed by atoms with Gasteiger partial charge in [-0.05, 0) is 54.4 Å². The molecule has 1 aliphatic heterocycles. The molecular formula is C22H14F6N2O3. The highest BCUT2D eigenvalue weighted by atomic mass is 19.4. The molecule has 5 nitrogen and oxygen atoms in total. The maximum Gasteiger partial charge on any atom is 0.416 e. The molecule has 3 aromatic rings. The van der Waals surface area contributed by atoms with Crippen molar-refractivity contribution in [1.82, 2.24) is 0 Å². The number of rotatable bonds is 3. The summed E-state index contributed by atoms with van der Waals surface area (Å²) < 4.78 is 83.5. The molecule has 33 heavy (non-hydrogen) atoms. The first-order valence-electron chi connectivity index (χ1n) is 9.52. The van der Waals surface area contributed by atoms with Gasteiger partial charge in [-0.15, -0.1) is 0 Å². The molecule has 0 saturated heterocycles. The van der Waals surface area contributed by atoms with Crippen LogP contribution in [-0.4, -0.2) is 18.4 Å². The fourth-order valence-electron chi connectivity index (χ4n) is 3.49. The van der Waals surface area contributed by atoms with Crippen LogP contribution in [0.4, 0.5) is 37.7 Å². The Balaban J connectivity index is 1.62. The summed E-state index contributed by atoms with van der Waals surface area (Å²) in [6.07, 6.45) is -8.28. The van der Waals surface area contributed by atoms with Crippen molar-refractivity contribution in [2.75, 3.05) is 16.8 Å². The van der Waals surface area contributed by atoms with E-state index in [1.165, 1.54) is 29.4 Å². The van der Waals surface area contributed by atoms with Crippen LogP contribution in [0.3, 0.4) is 0 Å². The van der Waals surface area contributed by atoms with Crippen molar-refractivity contribution in [3.05, 3.63) is 82.8 Å². The number of fused-ring (bicyclic) bond motifs is 1. The van der Waals surface area contributed by atoms with Crippen LogP contribution in [0.25, 0.3) is 0 Å². The smallest absolute Gasteiger partial charge is 0.416 e. The van der Waals surface area contributed by atoms with Crippen LogP contribution in [0.1, 0.15) is 37.6 Å². The summed E-state index contributed by atoms with van der Waals surface area (Å²) in [4.78, 5) is 26.6. The predicted octanol–water partition coefficient (Wildman–Crippen LogP) is 5.77. The summed E-state index contributed by atoms with van der Waals surface area (Å²) in [6, 6.07) is 8.19. The first-order chi connectivity index (χ1) is 15.4. The monoisotopic (exact) mass is 468 g/mol. The molecule has 0 aliphatic carbocycles. The summed E-state index contributed by atoms with van der Waals surface area (Å²) in [5.41, 5.74) is -2.65. The molecule has 1 N–H and O–H groups in total. The van der Waals surface area contributed by atoms with Crippen LogP contribution in [-0.2, 0) is 18.8 Å². The van der Waals surface area contributed by atoms with Gasteiger partial charge in [0.15, 0.2) is 5.76 Å². The Hall–Kier alpha value is -3.76.